The molecule has 31 heavy (non-hydrogen) atoms. The van der Waals surface area contributed by atoms with Crippen molar-refractivity contribution in [2.24, 2.45) is 0 Å². The van der Waals surface area contributed by atoms with Gasteiger partial charge in [0.05, 0.1) is 12.2 Å². The summed E-state index contributed by atoms with van der Waals surface area (Å²) >= 11 is 6.29. The first kappa shape index (κ1) is 19.9. The minimum Gasteiger partial charge on any atom is -0.341 e. The van der Waals surface area contributed by atoms with Gasteiger partial charge >= 0.3 is 0 Å². The third-order valence-electron chi connectivity index (χ3n) is 6.08. The second-order valence-electron chi connectivity index (χ2n) is 8.00. The molecule has 0 radical (unpaired) electrons. The van der Waals surface area contributed by atoms with Gasteiger partial charge in [0.1, 0.15) is 5.82 Å². The number of carbonyl (C=O) groups excluding carboxylic acids is 1. The predicted octanol–water partition coefficient (Wildman–Crippen LogP) is 3.35. The Labute approximate surface area is 185 Å². The van der Waals surface area contributed by atoms with Crippen LogP contribution in [0.15, 0.2) is 36.7 Å². The third kappa shape index (κ3) is 3.76. The lowest BCUT2D eigenvalue weighted by atomic mass is 9.95. The summed E-state index contributed by atoms with van der Waals surface area (Å²) in [4.78, 5) is 25.3. The fraction of sp³-hybridized carbons (Fsp3) is 0.409. The lowest BCUT2D eigenvalue weighted by Gasteiger charge is -2.31. The lowest BCUT2D eigenvalue weighted by Crippen LogP contribution is -2.34. The highest BCUT2D eigenvalue weighted by Crippen LogP contribution is 2.34. The zero-order valence-corrected chi connectivity index (χ0v) is 18.2. The van der Waals surface area contributed by atoms with E-state index in [1.165, 1.54) is 0 Å². The summed E-state index contributed by atoms with van der Waals surface area (Å²) in [5.41, 5.74) is 2.03. The summed E-state index contributed by atoms with van der Waals surface area (Å²) in [5.74, 6) is 2.90. The smallest absolute Gasteiger partial charge is 0.225 e. The summed E-state index contributed by atoms with van der Waals surface area (Å²) in [7, 11) is 0. The number of piperidine rings is 1. The molecule has 5 rings (SSSR count). The van der Waals surface area contributed by atoms with Crippen molar-refractivity contribution in [3.8, 4) is 5.69 Å². The molecule has 0 aliphatic carbocycles. The second kappa shape index (κ2) is 8.26. The number of hydrogen-bond donors (Lipinski definition) is 0. The Kier molecular flexibility index (Phi) is 5.31. The van der Waals surface area contributed by atoms with Crippen LogP contribution in [0.2, 0.25) is 5.02 Å². The van der Waals surface area contributed by atoms with Crippen molar-refractivity contribution in [1.29, 1.82) is 0 Å². The van der Waals surface area contributed by atoms with Crippen LogP contribution in [-0.4, -0.2) is 48.6 Å². The molecule has 1 amide bonds. The molecular formula is C22H24ClN7O. The van der Waals surface area contributed by atoms with Gasteiger partial charge in [0, 0.05) is 49.4 Å². The molecule has 3 aromatic rings. The van der Waals surface area contributed by atoms with Crippen LogP contribution >= 0.6 is 11.6 Å². The molecule has 0 N–H and O–H groups in total. The highest BCUT2D eigenvalue weighted by Gasteiger charge is 2.31. The van der Waals surface area contributed by atoms with Gasteiger partial charge < -0.3 is 9.80 Å². The Bertz CT molecular complexity index is 1090. The van der Waals surface area contributed by atoms with Crippen molar-refractivity contribution in [3.63, 3.8) is 0 Å². The molecule has 9 heteroatoms. The second-order valence-corrected chi connectivity index (χ2v) is 8.43. The number of nitrogens with zero attached hydrogens (tertiary/aromatic N) is 7. The summed E-state index contributed by atoms with van der Waals surface area (Å²) in [5, 5.41) is 9.76. The average molecular weight is 438 g/mol. The predicted molar refractivity (Wildman–Crippen MR) is 117 cm³/mol. The van der Waals surface area contributed by atoms with Crippen molar-refractivity contribution in [1.82, 2.24) is 29.6 Å². The maximum atomic E-state index is 12.5. The van der Waals surface area contributed by atoms with Gasteiger partial charge in [0.2, 0.25) is 11.9 Å². The molecule has 1 fully saturated rings. The van der Waals surface area contributed by atoms with Gasteiger partial charge in [-0.25, -0.2) is 9.97 Å². The van der Waals surface area contributed by atoms with Crippen molar-refractivity contribution >= 4 is 23.5 Å². The SMILES string of the molecule is CCC(=O)N1Cc2cc(Cl)ccc2-n2c(nnc2C2CCN(c3ncccn3)CC2)C1. The minimum atomic E-state index is 0.0973. The monoisotopic (exact) mass is 437 g/mol. The van der Waals surface area contributed by atoms with Crippen LogP contribution in [0.3, 0.4) is 0 Å². The van der Waals surface area contributed by atoms with Crippen LogP contribution in [-0.2, 0) is 17.9 Å². The molecule has 0 unspecified atom stereocenters. The number of aromatic nitrogens is 5. The van der Waals surface area contributed by atoms with Crippen molar-refractivity contribution in [2.45, 2.75) is 45.2 Å². The van der Waals surface area contributed by atoms with Gasteiger partial charge in [0.15, 0.2) is 5.82 Å². The molecule has 0 saturated carbocycles. The fourth-order valence-electron chi connectivity index (χ4n) is 4.48. The minimum absolute atomic E-state index is 0.0973. The number of rotatable bonds is 3. The molecule has 2 aromatic heterocycles. The van der Waals surface area contributed by atoms with Crippen LogP contribution in [0.5, 0.6) is 0 Å². The number of amides is 1. The molecule has 160 valence electrons. The molecule has 0 atom stereocenters. The van der Waals surface area contributed by atoms with Crippen molar-refractivity contribution < 1.29 is 4.79 Å². The molecule has 8 nitrogen and oxygen atoms in total. The molecule has 2 aliphatic heterocycles. The summed E-state index contributed by atoms with van der Waals surface area (Å²) in [6.07, 6.45) is 5.89. The van der Waals surface area contributed by atoms with E-state index >= 15 is 0 Å². The Hall–Kier alpha value is -3.00. The highest BCUT2D eigenvalue weighted by molar-refractivity contribution is 6.30. The van der Waals surface area contributed by atoms with E-state index in [0.717, 1.165) is 54.8 Å². The van der Waals surface area contributed by atoms with E-state index in [-0.39, 0.29) is 11.8 Å². The summed E-state index contributed by atoms with van der Waals surface area (Å²) in [6, 6.07) is 7.68. The lowest BCUT2D eigenvalue weighted by molar-refractivity contribution is -0.132. The first-order valence-electron chi connectivity index (χ1n) is 10.7. The van der Waals surface area contributed by atoms with E-state index in [1.54, 1.807) is 12.4 Å². The topological polar surface area (TPSA) is 80.0 Å². The summed E-state index contributed by atoms with van der Waals surface area (Å²) < 4.78 is 2.15. The normalized spacial score (nSPS) is 16.6. The average Bonchev–Trinajstić information content (AvgIpc) is 3.15. The van der Waals surface area contributed by atoms with Crippen molar-refractivity contribution in [3.05, 3.63) is 58.9 Å². The molecule has 4 heterocycles. The molecule has 1 aromatic carbocycles. The van der Waals surface area contributed by atoms with Crippen molar-refractivity contribution in [2.75, 3.05) is 18.0 Å². The van der Waals surface area contributed by atoms with Crippen LogP contribution in [0, 0.1) is 0 Å². The Balaban J connectivity index is 1.47. The number of hydrogen-bond acceptors (Lipinski definition) is 6. The number of benzene rings is 1. The number of fused-ring (bicyclic) bond motifs is 3. The summed E-state index contributed by atoms with van der Waals surface area (Å²) in [6.45, 7) is 4.58. The highest BCUT2D eigenvalue weighted by atomic mass is 35.5. The van der Waals surface area contributed by atoms with Gasteiger partial charge in [-0.2, -0.15) is 0 Å². The van der Waals surface area contributed by atoms with E-state index in [1.807, 2.05) is 36.1 Å². The first-order chi connectivity index (χ1) is 15.1. The van der Waals surface area contributed by atoms with E-state index in [9.17, 15) is 4.79 Å². The van der Waals surface area contributed by atoms with E-state index in [4.69, 9.17) is 11.6 Å². The largest absolute Gasteiger partial charge is 0.341 e. The zero-order valence-electron chi connectivity index (χ0n) is 17.4. The quantitative estimate of drug-likeness (QED) is 0.625. The van der Waals surface area contributed by atoms with Crippen LogP contribution in [0.25, 0.3) is 5.69 Å². The Morgan fingerprint density at radius 3 is 2.65 bits per heavy atom. The van der Waals surface area contributed by atoms with Crippen LogP contribution in [0.1, 0.15) is 49.3 Å². The van der Waals surface area contributed by atoms with Gasteiger partial charge in [-0.1, -0.05) is 18.5 Å². The van der Waals surface area contributed by atoms with Gasteiger partial charge in [-0.3, -0.25) is 9.36 Å². The van der Waals surface area contributed by atoms with Crippen LogP contribution < -0.4 is 4.90 Å². The number of halogens is 1. The van der Waals surface area contributed by atoms with Gasteiger partial charge in [-0.15, -0.1) is 10.2 Å². The maximum Gasteiger partial charge on any atom is 0.225 e. The molecule has 0 spiro atoms. The third-order valence-corrected chi connectivity index (χ3v) is 6.32. The van der Waals surface area contributed by atoms with Crippen LogP contribution in [0.4, 0.5) is 5.95 Å². The van der Waals surface area contributed by atoms with E-state index < -0.39 is 0 Å². The number of carbonyl (C=O) groups is 1. The standard InChI is InChI=1S/C22H24ClN7O/c1-2-20(31)29-13-16-12-17(23)4-5-18(16)30-19(14-29)26-27-21(30)15-6-10-28(11-7-15)22-24-8-3-9-25-22/h3-5,8-9,12,15H,2,6-7,10-11,13-14H2,1H3. The first-order valence-corrected chi connectivity index (χ1v) is 11.0. The van der Waals surface area contributed by atoms with E-state index in [0.29, 0.717) is 24.5 Å². The molecule has 2 aliphatic rings. The molecule has 0 bridgehead atoms. The zero-order chi connectivity index (χ0) is 21.4. The Morgan fingerprint density at radius 2 is 1.90 bits per heavy atom. The maximum absolute atomic E-state index is 12.5. The fourth-order valence-corrected chi connectivity index (χ4v) is 4.68. The molecule has 1 saturated heterocycles. The van der Waals surface area contributed by atoms with E-state index in [2.05, 4.69) is 29.6 Å². The Morgan fingerprint density at radius 1 is 1.13 bits per heavy atom. The van der Waals surface area contributed by atoms with Gasteiger partial charge in [0.25, 0.3) is 0 Å². The molecular weight excluding hydrogens is 414 g/mol. The van der Waals surface area contributed by atoms with Gasteiger partial charge in [-0.05, 0) is 42.7 Å². The number of anilines is 1.